The SMILES string of the molecule is CO[C@@H]1CCCN(C(=O)c2coc(COc3ccc(F)cc3Cl)n2)C1. The minimum atomic E-state index is -0.447. The Kier molecular flexibility index (Phi) is 5.55. The van der Waals surface area contributed by atoms with Gasteiger partial charge in [0.05, 0.1) is 11.1 Å². The number of amides is 1. The van der Waals surface area contributed by atoms with E-state index in [0.29, 0.717) is 18.8 Å². The van der Waals surface area contributed by atoms with Gasteiger partial charge in [0, 0.05) is 20.2 Å². The van der Waals surface area contributed by atoms with Gasteiger partial charge in [0.1, 0.15) is 17.8 Å². The first-order valence-electron chi connectivity index (χ1n) is 7.91. The Labute approximate surface area is 149 Å². The number of hydrogen-bond acceptors (Lipinski definition) is 5. The Balaban J connectivity index is 1.61. The lowest BCUT2D eigenvalue weighted by Gasteiger charge is -2.31. The number of likely N-dealkylation sites (tertiary alicyclic amines) is 1. The van der Waals surface area contributed by atoms with E-state index in [4.69, 9.17) is 25.5 Å². The van der Waals surface area contributed by atoms with Crippen molar-refractivity contribution in [3.63, 3.8) is 0 Å². The molecular weight excluding hydrogens is 351 g/mol. The van der Waals surface area contributed by atoms with E-state index in [1.165, 1.54) is 18.4 Å². The highest BCUT2D eigenvalue weighted by atomic mass is 35.5. The number of methoxy groups -OCH3 is 1. The summed E-state index contributed by atoms with van der Waals surface area (Å²) in [6, 6.07) is 3.82. The minimum absolute atomic E-state index is 0.0146. The number of piperidine rings is 1. The van der Waals surface area contributed by atoms with Crippen LogP contribution in [0.4, 0.5) is 4.39 Å². The third-order valence-electron chi connectivity index (χ3n) is 4.01. The van der Waals surface area contributed by atoms with Crippen molar-refractivity contribution in [3.05, 3.63) is 46.9 Å². The number of ether oxygens (including phenoxy) is 2. The third kappa shape index (κ3) is 4.29. The number of nitrogens with zero attached hydrogens (tertiary/aromatic N) is 2. The lowest BCUT2D eigenvalue weighted by atomic mass is 10.1. The Morgan fingerprint density at radius 2 is 2.36 bits per heavy atom. The Hall–Kier alpha value is -2.12. The zero-order valence-electron chi connectivity index (χ0n) is 13.7. The maximum Gasteiger partial charge on any atom is 0.275 e. The molecule has 1 saturated heterocycles. The van der Waals surface area contributed by atoms with Gasteiger partial charge in [-0.15, -0.1) is 0 Å². The molecule has 0 N–H and O–H groups in total. The van der Waals surface area contributed by atoms with Gasteiger partial charge in [0.25, 0.3) is 5.91 Å². The van der Waals surface area contributed by atoms with E-state index < -0.39 is 5.82 Å². The highest BCUT2D eigenvalue weighted by molar-refractivity contribution is 6.32. The van der Waals surface area contributed by atoms with E-state index in [1.54, 1.807) is 12.0 Å². The number of benzene rings is 1. The molecule has 0 bridgehead atoms. The van der Waals surface area contributed by atoms with Crippen LogP contribution in [0.1, 0.15) is 29.2 Å². The maximum absolute atomic E-state index is 13.0. The number of oxazole rings is 1. The van der Waals surface area contributed by atoms with Crippen molar-refractivity contribution in [2.75, 3.05) is 20.2 Å². The van der Waals surface area contributed by atoms with Crippen molar-refractivity contribution < 1.29 is 23.1 Å². The first kappa shape index (κ1) is 17.7. The second kappa shape index (κ2) is 7.84. The Bertz CT molecular complexity index is 752. The summed E-state index contributed by atoms with van der Waals surface area (Å²) in [7, 11) is 1.64. The van der Waals surface area contributed by atoms with Crippen LogP contribution in [0, 0.1) is 5.82 Å². The third-order valence-corrected chi connectivity index (χ3v) is 4.31. The van der Waals surface area contributed by atoms with Crippen molar-refractivity contribution in [1.29, 1.82) is 0 Å². The highest BCUT2D eigenvalue weighted by Crippen LogP contribution is 2.25. The Morgan fingerprint density at radius 3 is 3.12 bits per heavy atom. The summed E-state index contributed by atoms with van der Waals surface area (Å²) < 4.78 is 29.1. The van der Waals surface area contributed by atoms with Crippen LogP contribution >= 0.6 is 11.6 Å². The van der Waals surface area contributed by atoms with E-state index in [0.717, 1.165) is 18.9 Å². The van der Waals surface area contributed by atoms with Gasteiger partial charge in [0.2, 0.25) is 5.89 Å². The number of hydrogen-bond donors (Lipinski definition) is 0. The normalized spacial score (nSPS) is 17.6. The fourth-order valence-corrected chi connectivity index (χ4v) is 2.91. The largest absolute Gasteiger partial charge is 0.482 e. The van der Waals surface area contributed by atoms with Gasteiger partial charge in [-0.2, -0.15) is 0 Å². The predicted octanol–water partition coefficient (Wildman–Crippen LogP) is 3.30. The fourth-order valence-electron chi connectivity index (χ4n) is 2.68. The Morgan fingerprint density at radius 1 is 1.52 bits per heavy atom. The van der Waals surface area contributed by atoms with Gasteiger partial charge in [-0.25, -0.2) is 9.37 Å². The molecule has 0 spiro atoms. The molecule has 1 aliphatic rings. The van der Waals surface area contributed by atoms with Crippen LogP contribution in [0.5, 0.6) is 5.75 Å². The van der Waals surface area contributed by atoms with Gasteiger partial charge in [-0.3, -0.25) is 4.79 Å². The van der Waals surface area contributed by atoms with Crippen LogP contribution in [0.25, 0.3) is 0 Å². The van der Waals surface area contributed by atoms with Gasteiger partial charge in [-0.05, 0) is 31.0 Å². The summed E-state index contributed by atoms with van der Waals surface area (Å²) >= 11 is 5.89. The summed E-state index contributed by atoms with van der Waals surface area (Å²) in [6.07, 6.45) is 3.19. The first-order valence-corrected chi connectivity index (χ1v) is 8.29. The molecule has 2 heterocycles. The molecule has 0 saturated carbocycles. The average Bonchev–Trinajstić information content (AvgIpc) is 3.09. The topological polar surface area (TPSA) is 64.8 Å². The lowest BCUT2D eigenvalue weighted by Crippen LogP contribution is -2.43. The van der Waals surface area contributed by atoms with Gasteiger partial charge in [-0.1, -0.05) is 11.6 Å². The molecule has 1 atom stereocenters. The summed E-state index contributed by atoms with van der Waals surface area (Å²) in [5.41, 5.74) is 0.223. The molecule has 1 aliphatic heterocycles. The van der Waals surface area contributed by atoms with Gasteiger partial charge >= 0.3 is 0 Å². The number of rotatable bonds is 5. The van der Waals surface area contributed by atoms with Crippen LogP contribution in [-0.4, -0.2) is 42.1 Å². The van der Waals surface area contributed by atoms with Crippen molar-refractivity contribution in [2.24, 2.45) is 0 Å². The van der Waals surface area contributed by atoms with Crippen LogP contribution in [0.15, 0.2) is 28.9 Å². The lowest BCUT2D eigenvalue weighted by molar-refractivity contribution is 0.0265. The molecule has 1 aromatic carbocycles. The van der Waals surface area contributed by atoms with Gasteiger partial charge in [0.15, 0.2) is 12.3 Å². The van der Waals surface area contributed by atoms with Crippen LogP contribution in [-0.2, 0) is 11.3 Å². The molecule has 2 aromatic rings. The number of aromatic nitrogens is 1. The van der Waals surface area contributed by atoms with Crippen molar-refractivity contribution >= 4 is 17.5 Å². The maximum atomic E-state index is 13.0. The second-order valence-electron chi connectivity index (χ2n) is 5.74. The molecule has 0 unspecified atom stereocenters. The zero-order chi connectivity index (χ0) is 17.8. The smallest absolute Gasteiger partial charge is 0.275 e. The van der Waals surface area contributed by atoms with Crippen LogP contribution < -0.4 is 4.74 Å². The standard InChI is InChI=1S/C17H18ClFN2O4/c1-23-12-3-2-6-21(8-12)17(22)14-9-25-16(20-14)10-24-15-5-4-11(19)7-13(15)18/h4-5,7,9,12H,2-3,6,8,10H2,1H3/t12-/m1/s1. The van der Waals surface area contributed by atoms with E-state index in [-0.39, 0.29) is 35.2 Å². The van der Waals surface area contributed by atoms with E-state index in [1.807, 2.05) is 0 Å². The summed E-state index contributed by atoms with van der Waals surface area (Å²) in [4.78, 5) is 18.3. The predicted molar refractivity (Wildman–Crippen MR) is 88.2 cm³/mol. The number of carbonyl (C=O) groups excluding carboxylic acids is 1. The van der Waals surface area contributed by atoms with Crippen LogP contribution in [0.3, 0.4) is 0 Å². The van der Waals surface area contributed by atoms with E-state index in [2.05, 4.69) is 4.98 Å². The number of carbonyl (C=O) groups is 1. The van der Waals surface area contributed by atoms with Crippen molar-refractivity contribution in [3.8, 4) is 5.75 Å². The van der Waals surface area contributed by atoms with E-state index in [9.17, 15) is 9.18 Å². The molecule has 0 radical (unpaired) electrons. The van der Waals surface area contributed by atoms with Gasteiger partial charge < -0.3 is 18.8 Å². The molecule has 6 nitrogen and oxygen atoms in total. The molecule has 1 amide bonds. The highest BCUT2D eigenvalue weighted by Gasteiger charge is 2.26. The average molecular weight is 369 g/mol. The van der Waals surface area contributed by atoms with Crippen molar-refractivity contribution in [2.45, 2.75) is 25.6 Å². The monoisotopic (exact) mass is 368 g/mol. The molecular formula is C17H18ClFN2O4. The summed E-state index contributed by atoms with van der Waals surface area (Å²) in [5, 5.41) is 0.154. The first-order chi connectivity index (χ1) is 12.1. The summed E-state index contributed by atoms with van der Waals surface area (Å²) in [5.74, 6) is -0.0917. The fraction of sp³-hybridized carbons (Fsp3) is 0.412. The molecule has 134 valence electrons. The second-order valence-corrected chi connectivity index (χ2v) is 6.15. The molecule has 1 aromatic heterocycles. The zero-order valence-corrected chi connectivity index (χ0v) is 14.5. The molecule has 0 aliphatic carbocycles. The molecule has 8 heteroatoms. The number of halogens is 2. The molecule has 1 fully saturated rings. The van der Waals surface area contributed by atoms with E-state index >= 15 is 0 Å². The van der Waals surface area contributed by atoms with Crippen molar-refractivity contribution in [1.82, 2.24) is 9.88 Å². The molecule has 25 heavy (non-hydrogen) atoms. The summed E-state index contributed by atoms with van der Waals surface area (Å²) in [6.45, 7) is 1.20. The quantitative estimate of drug-likeness (QED) is 0.810. The van der Waals surface area contributed by atoms with Crippen LogP contribution in [0.2, 0.25) is 5.02 Å². The minimum Gasteiger partial charge on any atom is -0.482 e. The molecule has 3 rings (SSSR count).